The van der Waals surface area contributed by atoms with Crippen LogP contribution in [-0.2, 0) is 20.1 Å². The lowest BCUT2D eigenvalue weighted by Crippen LogP contribution is -2.27. The van der Waals surface area contributed by atoms with Crippen LogP contribution in [0.4, 0.5) is 0 Å². The molecule has 27 heavy (non-hydrogen) atoms. The van der Waals surface area contributed by atoms with E-state index in [-0.39, 0.29) is 5.91 Å². The van der Waals surface area contributed by atoms with Gasteiger partial charge in [-0.05, 0) is 33.3 Å². The van der Waals surface area contributed by atoms with Crippen LogP contribution in [0.3, 0.4) is 0 Å². The first kappa shape index (κ1) is 19.1. The maximum absolute atomic E-state index is 13.2. The number of nitrogens with zero attached hydrogens (tertiary/aromatic N) is 6. The third-order valence-corrected chi connectivity index (χ3v) is 5.05. The molecule has 7 nitrogen and oxygen atoms in total. The fourth-order valence-electron chi connectivity index (χ4n) is 3.34. The maximum atomic E-state index is 13.2. The Hall–Kier alpha value is -2.70. The summed E-state index contributed by atoms with van der Waals surface area (Å²) in [6.07, 6.45) is 3.95. The van der Waals surface area contributed by atoms with Gasteiger partial charge in [-0.1, -0.05) is 13.3 Å². The number of fused-ring (bicyclic) bond motifs is 1. The van der Waals surface area contributed by atoms with Crippen molar-refractivity contribution in [2.75, 3.05) is 7.05 Å². The highest BCUT2D eigenvalue weighted by molar-refractivity contribution is 6.06. The van der Waals surface area contributed by atoms with Gasteiger partial charge in [-0.25, -0.2) is 9.67 Å². The predicted octanol–water partition coefficient (Wildman–Crippen LogP) is 3.16. The van der Waals surface area contributed by atoms with Gasteiger partial charge in [-0.2, -0.15) is 10.2 Å². The summed E-state index contributed by atoms with van der Waals surface area (Å²) in [6.45, 7) is 9.37. The molecule has 144 valence electrons. The molecule has 0 N–H and O–H groups in total. The second-order valence-electron chi connectivity index (χ2n) is 7.21. The Balaban J connectivity index is 1.98. The van der Waals surface area contributed by atoms with Crippen molar-refractivity contribution in [2.45, 2.75) is 53.6 Å². The van der Waals surface area contributed by atoms with Crippen LogP contribution in [0.25, 0.3) is 11.0 Å². The second-order valence-corrected chi connectivity index (χ2v) is 7.21. The molecule has 3 rings (SSSR count). The summed E-state index contributed by atoms with van der Waals surface area (Å²) in [6, 6.07) is 1.87. The lowest BCUT2D eigenvalue weighted by atomic mass is 10.1. The fraction of sp³-hybridized carbons (Fsp3) is 0.500. The lowest BCUT2D eigenvalue weighted by Gasteiger charge is -2.18. The molecule has 0 atom stereocenters. The quantitative estimate of drug-likeness (QED) is 0.670. The van der Waals surface area contributed by atoms with E-state index >= 15 is 0 Å². The molecule has 0 spiro atoms. The molecule has 0 aliphatic carbocycles. The van der Waals surface area contributed by atoms with E-state index in [0.717, 1.165) is 53.1 Å². The normalized spacial score (nSPS) is 11.3. The molecular formula is C20H28N6O. The molecule has 0 unspecified atom stereocenters. The molecule has 0 aromatic carbocycles. The SMILES string of the molecule is CCCCn1nc(C)c2c(C(=O)N(C)Cc3cnn(C)c3C)cc(C)nc21. The molecule has 0 saturated heterocycles. The van der Waals surface area contributed by atoms with Crippen LogP contribution in [0.1, 0.15) is 52.8 Å². The van der Waals surface area contributed by atoms with Crippen molar-refractivity contribution in [3.05, 3.63) is 40.5 Å². The van der Waals surface area contributed by atoms with E-state index in [1.807, 2.05) is 56.5 Å². The standard InChI is InChI=1S/C20H28N6O/c1-7-8-9-26-19-18(14(3)23-26)17(10-13(2)22-19)20(27)24(5)12-16-11-21-25(6)15(16)4/h10-11H,7-9,12H2,1-6H3. The van der Waals surface area contributed by atoms with E-state index in [0.29, 0.717) is 12.1 Å². The van der Waals surface area contributed by atoms with Gasteiger partial charge in [0.25, 0.3) is 5.91 Å². The van der Waals surface area contributed by atoms with Crippen LogP contribution in [0.5, 0.6) is 0 Å². The van der Waals surface area contributed by atoms with Crippen LogP contribution in [0, 0.1) is 20.8 Å². The van der Waals surface area contributed by atoms with E-state index in [9.17, 15) is 4.79 Å². The highest BCUT2D eigenvalue weighted by Crippen LogP contribution is 2.24. The fourth-order valence-corrected chi connectivity index (χ4v) is 3.34. The molecule has 0 aliphatic rings. The highest BCUT2D eigenvalue weighted by Gasteiger charge is 2.22. The van der Waals surface area contributed by atoms with E-state index in [1.165, 1.54) is 0 Å². The van der Waals surface area contributed by atoms with Gasteiger partial charge >= 0.3 is 0 Å². The predicted molar refractivity (Wildman–Crippen MR) is 106 cm³/mol. The van der Waals surface area contributed by atoms with Crippen molar-refractivity contribution < 1.29 is 4.79 Å². The Kier molecular flexibility index (Phi) is 5.30. The van der Waals surface area contributed by atoms with Gasteiger partial charge in [0.05, 0.1) is 22.8 Å². The zero-order valence-electron chi connectivity index (χ0n) is 17.1. The summed E-state index contributed by atoms with van der Waals surface area (Å²) in [5, 5.41) is 9.77. The molecule has 0 fully saturated rings. The first-order chi connectivity index (χ1) is 12.8. The number of carbonyl (C=O) groups is 1. The average Bonchev–Trinajstić information content (AvgIpc) is 3.12. The van der Waals surface area contributed by atoms with Crippen molar-refractivity contribution in [2.24, 2.45) is 7.05 Å². The van der Waals surface area contributed by atoms with Crippen LogP contribution >= 0.6 is 0 Å². The zero-order valence-corrected chi connectivity index (χ0v) is 17.1. The summed E-state index contributed by atoms with van der Waals surface area (Å²) in [4.78, 5) is 19.6. The van der Waals surface area contributed by atoms with Crippen molar-refractivity contribution in [1.82, 2.24) is 29.4 Å². The van der Waals surface area contributed by atoms with E-state index in [1.54, 1.807) is 4.90 Å². The van der Waals surface area contributed by atoms with Crippen molar-refractivity contribution in [3.8, 4) is 0 Å². The van der Waals surface area contributed by atoms with Gasteiger partial charge in [0.1, 0.15) is 0 Å². The molecular weight excluding hydrogens is 340 g/mol. The number of rotatable bonds is 6. The van der Waals surface area contributed by atoms with Crippen molar-refractivity contribution in [3.63, 3.8) is 0 Å². The number of aryl methyl sites for hydroxylation is 4. The number of hydrogen-bond acceptors (Lipinski definition) is 4. The lowest BCUT2D eigenvalue weighted by molar-refractivity contribution is 0.0786. The van der Waals surface area contributed by atoms with Crippen molar-refractivity contribution >= 4 is 16.9 Å². The van der Waals surface area contributed by atoms with Gasteiger partial charge < -0.3 is 4.90 Å². The third kappa shape index (κ3) is 3.59. The molecule has 3 aromatic rings. The molecule has 3 heterocycles. The van der Waals surface area contributed by atoms with E-state index < -0.39 is 0 Å². The average molecular weight is 368 g/mol. The van der Waals surface area contributed by atoms with Gasteiger partial charge in [-0.3, -0.25) is 9.48 Å². The number of unbranched alkanes of at least 4 members (excludes halogenated alkanes) is 1. The molecule has 7 heteroatoms. The summed E-state index contributed by atoms with van der Waals surface area (Å²) < 4.78 is 3.76. The smallest absolute Gasteiger partial charge is 0.254 e. The molecule has 0 saturated carbocycles. The number of carbonyl (C=O) groups excluding carboxylic acids is 1. The van der Waals surface area contributed by atoms with Crippen LogP contribution < -0.4 is 0 Å². The van der Waals surface area contributed by atoms with E-state index in [4.69, 9.17) is 0 Å². The first-order valence-electron chi connectivity index (χ1n) is 9.41. The molecule has 0 radical (unpaired) electrons. The second kappa shape index (κ2) is 7.50. The molecule has 0 bridgehead atoms. The number of pyridine rings is 1. The van der Waals surface area contributed by atoms with Crippen molar-refractivity contribution in [1.29, 1.82) is 0 Å². The Morgan fingerprint density at radius 2 is 2.00 bits per heavy atom. The topological polar surface area (TPSA) is 68.8 Å². The largest absolute Gasteiger partial charge is 0.337 e. The summed E-state index contributed by atoms with van der Waals surface area (Å²) in [5.41, 5.74) is 5.26. The minimum Gasteiger partial charge on any atom is -0.337 e. The number of amides is 1. The molecule has 0 aliphatic heterocycles. The number of aromatic nitrogens is 5. The van der Waals surface area contributed by atoms with Gasteiger partial charge in [0.15, 0.2) is 5.65 Å². The Bertz CT molecular complexity index is 984. The Morgan fingerprint density at radius 3 is 2.63 bits per heavy atom. The summed E-state index contributed by atoms with van der Waals surface area (Å²) in [5.74, 6) is -0.0214. The minimum absolute atomic E-state index is 0.0214. The van der Waals surface area contributed by atoms with Gasteiger partial charge in [0.2, 0.25) is 0 Å². The summed E-state index contributed by atoms with van der Waals surface area (Å²) in [7, 11) is 3.73. The summed E-state index contributed by atoms with van der Waals surface area (Å²) >= 11 is 0. The Morgan fingerprint density at radius 1 is 1.26 bits per heavy atom. The first-order valence-corrected chi connectivity index (χ1v) is 9.41. The minimum atomic E-state index is -0.0214. The van der Waals surface area contributed by atoms with E-state index in [2.05, 4.69) is 22.1 Å². The van der Waals surface area contributed by atoms with Crippen LogP contribution in [0.2, 0.25) is 0 Å². The van der Waals surface area contributed by atoms with Crippen LogP contribution in [0.15, 0.2) is 12.3 Å². The Labute approximate surface area is 160 Å². The monoisotopic (exact) mass is 368 g/mol. The zero-order chi connectivity index (χ0) is 19.7. The maximum Gasteiger partial charge on any atom is 0.254 e. The third-order valence-electron chi connectivity index (χ3n) is 5.05. The molecule has 3 aromatic heterocycles. The van der Waals surface area contributed by atoms with Crippen LogP contribution in [-0.4, -0.2) is 42.4 Å². The molecule has 1 amide bonds. The highest BCUT2D eigenvalue weighted by atomic mass is 16.2. The van der Waals surface area contributed by atoms with Gasteiger partial charge in [0, 0.05) is 44.1 Å². The van der Waals surface area contributed by atoms with Gasteiger partial charge in [-0.15, -0.1) is 0 Å². The number of hydrogen-bond donors (Lipinski definition) is 0.